The van der Waals surface area contributed by atoms with Crippen molar-refractivity contribution in [3.63, 3.8) is 0 Å². The summed E-state index contributed by atoms with van der Waals surface area (Å²) in [7, 11) is 0. The molecule has 0 aliphatic heterocycles. The number of fused-ring (bicyclic) bond motifs is 5. The molecule has 0 radical (unpaired) electrons. The average molecular weight is 259 g/mol. The molecule has 102 valence electrons. The molecular weight excluding hydrogens is 238 g/mol. The van der Waals surface area contributed by atoms with E-state index in [0.29, 0.717) is 6.04 Å². The largest absolute Gasteiger partial charge is 0.508 e. The van der Waals surface area contributed by atoms with Crippen LogP contribution in [0, 0.1) is 23.7 Å². The van der Waals surface area contributed by atoms with Crippen LogP contribution in [-0.4, -0.2) is 16.3 Å². The molecule has 19 heavy (non-hydrogen) atoms. The number of rotatable bonds is 3. The van der Waals surface area contributed by atoms with E-state index in [1.807, 2.05) is 6.07 Å². The number of hydrogen-bond donors (Lipinski definition) is 3. The Hall–Kier alpha value is -1.22. The Labute approximate surface area is 113 Å². The minimum Gasteiger partial charge on any atom is -0.508 e. The molecule has 0 saturated heterocycles. The van der Waals surface area contributed by atoms with E-state index in [1.165, 1.54) is 25.3 Å². The number of benzene rings is 1. The quantitative estimate of drug-likeness (QED) is 0.782. The first-order valence-electron chi connectivity index (χ1n) is 7.43. The van der Waals surface area contributed by atoms with Crippen LogP contribution in [0.3, 0.4) is 0 Å². The molecule has 0 spiro atoms. The summed E-state index contributed by atoms with van der Waals surface area (Å²) in [6.45, 7) is 2.10. The topological polar surface area (TPSA) is 52.5 Å². The van der Waals surface area contributed by atoms with Gasteiger partial charge in [0.15, 0.2) is 0 Å². The third-order valence-corrected chi connectivity index (χ3v) is 5.66. The van der Waals surface area contributed by atoms with Crippen LogP contribution in [0.25, 0.3) is 0 Å². The third-order valence-electron chi connectivity index (χ3n) is 5.66. The monoisotopic (exact) mass is 259 g/mol. The molecule has 3 N–H and O–H groups in total. The minimum absolute atomic E-state index is 0.120. The van der Waals surface area contributed by atoms with Crippen molar-refractivity contribution in [1.29, 1.82) is 0 Å². The predicted molar refractivity (Wildman–Crippen MR) is 72.9 cm³/mol. The van der Waals surface area contributed by atoms with Crippen molar-refractivity contribution in [2.24, 2.45) is 23.7 Å². The molecule has 3 saturated carbocycles. The maximum Gasteiger partial charge on any atom is 0.124 e. The number of aromatic hydroxyl groups is 2. The van der Waals surface area contributed by atoms with Crippen molar-refractivity contribution in [3.05, 3.63) is 23.8 Å². The highest BCUT2D eigenvalue weighted by molar-refractivity contribution is 5.40. The molecular formula is C16H21NO2. The summed E-state index contributed by atoms with van der Waals surface area (Å²) < 4.78 is 0. The lowest BCUT2D eigenvalue weighted by molar-refractivity contribution is 0.412. The lowest BCUT2D eigenvalue weighted by atomic mass is 10.0. The van der Waals surface area contributed by atoms with Gasteiger partial charge in [0, 0.05) is 23.7 Å². The molecule has 3 fully saturated rings. The maximum absolute atomic E-state index is 9.91. The van der Waals surface area contributed by atoms with Crippen LogP contribution in [0.1, 0.15) is 37.8 Å². The first-order valence-corrected chi connectivity index (χ1v) is 7.43. The zero-order valence-corrected chi connectivity index (χ0v) is 11.2. The minimum atomic E-state index is 0.120. The Bertz CT molecular complexity index is 499. The highest BCUT2D eigenvalue weighted by atomic mass is 16.3. The first-order chi connectivity index (χ1) is 9.15. The van der Waals surface area contributed by atoms with Crippen LogP contribution in [0.15, 0.2) is 18.2 Å². The van der Waals surface area contributed by atoms with Crippen molar-refractivity contribution in [3.8, 4) is 11.5 Å². The third kappa shape index (κ3) is 1.68. The van der Waals surface area contributed by atoms with E-state index >= 15 is 0 Å². The lowest BCUT2D eigenvalue weighted by Crippen LogP contribution is -2.26. The van der Waals surface area contributed by atoms with Crippen molar-refractivity contribution in [1.82, 2.24) is 5.32 Å². The Morgan fingerprint density at radius 2 is 1.84 bits per heavy atom. The van der Waals surface area contributed by atoms with Gasteiger partial charge in [-0.2, -0.15) is 0 Å². The number of hydrogen-bond acceptors (Lipinski definition) is 3. The molecule has 5 unspecified atom stereocenters. The van der Waals surface area contributed by atoms with Crippen LogP contribution in [0.5, 0.6) is 11.5 Å². The normalized spacial score (nSPS) is 40.2. The summed E-state index contributed by atoms with van der Waals surface area (Å²) >= 11 is 0. The molecule has 0 heterocycles. The molecule has 5 atom stereocenters. The van der Waals surface area contributed by atoms with Crippen molar-refractivity contribution in [2.75, 3.05) is 0 Å². The van der Waals surface area contributed by atoms with Crippen molar-refractivity contribution in [2.45, 2.75) is 38.3 Å². The molecule has 3 aliphatic carbocycles. The number of phenolic OH excluding ortho intramolecular Hbond substituents is 2. The molecule has 1 aromatic rings. The summed E-state index contributed by atoms with van der Waals surface area (Å²) in [5, 5.41) is 22.9. The van der Waals surface area contributed by atoms with Gasteiger partial charge < -0.3 is 15.5 Å². The van der Waals surface area contributed by atoms with Gasteiger partial charge in [-0.15, -0.1) is 0 Å². The van der Waals surface area contributed by atoms with Gasteiger partial charge >= 0.3 is 0 Å². The summed E-state index contributed by atoms with van der Waals surface area (Å²) in [6.07, 6.45) is 4.33. The van der Waals surface area contributed by atoms with E-state index in [-0.39, 0.29) is 17.5 Å². The second kappa shape index (κ2) is 3.89. The van der Waals surface area contributed by atoms with E-state index < -0.39 is 0 Å². The SMILES string of the molecule is CC(NC1C2C3CCC(C3)C12)c1ccc(O)cc1O. The average Bonchev–Trinajstić information content (AvgIpc) is 2.78. The molecule has 3 heteroatoms. The highest BCUT2D eigenvalue weighted by Gasteiger charge is 2.64. The van der Waals surface area contributed by atoms with Crippen LogP contribution in [-0.2, 0) is 0 Å². The van der Waals surface area contributed by atoms with E-state index in [9.17, 15) is 10.2 Å². The van der Waals surface area contributed by atoms with Gasteiger partial charge in [0.05, 0.1) is 0 Å². The zero-order chi connectivity index (χ0) is 13.1. The van der Waals surface area contributed by atoms with Gasteiger partial charge in [0.1, 0.15) is 11.5 Å². The van der Waals surface area contributed by atoms with Crippen LogP contribution < -0.4 is 5.32 Å². The van der Waals surface area contributed by atoms with E-state index in [4.69, 9.17) is 0 Å². The van der Waals surface area contributed by atoms with Gasteiger partial charge in [-0.25, -0.2) is 0 Å². The molecule has 0 amide bonds. The van der Waals surface area contributed by atoms with Crippen LogP contribution >= 0.6 is 0 Å². The Balaban J connectivity index is 1.46. The standard InChI is InChI=1S/C16H21NO2/c1-8(12-5-4-11(18)7-13(12)19)17-16-14-9-2-3-10(6-9)15(14)16/h4-5,7-10,14-19H,2-3,6H2,1H3. The van der Waals surface area contributed by atoms with E-state index in [1.54, 1.807) is 6.07 Å². The van der Waals surface area contributed by atoms with Crippen LogP contribution in [0.4, 0.5) is 0 Å². The van der Waals surface area contributed by atoms with Gasteiger partial charge in [-0.3, -0.25) is 0 Å². The summed E-state index contributed by atoms with van der Waals surface area (Å²) in [6, 6.07) is 5.69. The predicted octanol–water partition coefficient (Wildman–Crippen LogP) is 2.79. The molecule has 4 rings (SSSR count). The second-order valence-corrected chi connectivity index (χ2v) is 6.65. The smallest absolute Gasteiger partial charge is 0.124 e. The molecule has 2 bridgehead atoms. The summed E-state index contributed by atoms with van der Waals surface area (Å²) in [4.78, 5) is 0. The fraction of sp³-hybridized carbons (Fsp3) is 0.625. The Morgan fingerprint density at radius 1 is 1.16 bits per heavy atom. The first kappa shape index (κ1) is 11.6. The molecule has 3 nitrogen and oxygen atoms in total. The van der Waals surface area contributed by atoms with Crippen LogP contribution in [0.2, 0.25) is 0 Å². The summed E-state index contributed by atoms with van der Waals surface area (Å²) in [5.74, 6) is 4.05. The molecule has 1 aromatic carbocycles. The highest BCUT2D eigenvalue weighted by Crippen LogP contribution is 2.65. The van der Waals surface area contributed by atoms with E-state index in [2.05, 4.69) is 12.2 Å². The fourth-order valence-electron chi connectivity index (χ4n) is 4.82. The Morgan fingerprint density at radius 3 is 2.47 bits per heavy atom. The maximum atomic E-state index is 9.91. The van der Waals surface area contributed by atoms with Crippen molar-refractivity contribution >= 4 is 0 Å². The lowest BCUT2D eigenvalue weighted by Gasteiger charge is -2.18. The van der Waals surface area contributed by atoms with Crippen molar-refractivity contribution < 1.29 is 10.2 Å². The second-order valence-electron chi connectivity index (χ2n) is 6.65. The van der Waals surface area contributed by atoms with Gasteiger partial charge in [-0.05, 0) is 55.9 Å². The fourth-order valence-corrected chi connectivity index (χ4v) is 4.82. The van der Waals surface area contributed by atoms with Gasteiger partial charge in [0.2, 0.25) is 0 Å². The van der Waals surface area contributed by atoms with Gasteiger partial charge in [0.25, 0.3) is 0 Å². The van der Waals surface area contributed by atoms with E-state index in [0.717, 1.165) is 29.2 Å². The molecule has 0 aromatic heterocycles. The summed E-state index contributed by atoms with van der Waals surface area (Å²) in [5.41, 5.74) is 0.884. The Kier molecular flexibility index (Phi) is 2.37. The number of phenols is 2. The van der Waals surface area contributed by atoms with Gasteiger partial charge in [-0.1, -0.05) is 6.07 Å². The molecule has 3 aliphatic rings. The number of nitrogens with one attached hydrogen (secondary N) is 1. The zero-order valence-electron chi connectivity index (χ0n) is 11.2.